The van der Waals surface area contributed by atoms with Crippen molar-refractivity contribution in [3.8, 4) is 5.75 Å². The van der Waals surface area contributed by atoms with Crippen molar-refractivity contribution in [2.45, 2.75) is 32.2 Å². The van der Waals surface area contributed by atoms with E-state index in [0.717, 1.165) is 24.0 Å². The Hall–Kier alpha value is -2.46. The van der Waals surface area contributed by atoms with Crippen molar-refractivity contribution in [3.05, 3.63) is 64.2 Å². The lowest BCUT2D eigenvalue weighted by Gasteiger charge is -2.24. The van der Waals surface area contributed by atoms with Gasteiger partial charge in [0.2, 0.25) is 5.91 Å². The average molecular weight is 371 g/mol. The molecule has 1 heterocycles. The molecule has 3 N–H and O–H groups in total. The molecule has 2 aromatic carbocycles. The minimum atomic E-state index is -0.436. The first kappa shape index (κ1) is 18.3. The molecule has 3 rings (SSSR count). The Kier molecular flexibility index (Phi) is 5.84. The van der Waals surface area contributed by atoms with Gasteiger partial charge < -0.3 is 15.7 Å². The fraction of sp³-hybridized carbons (Fsp3) is 0.286. The van der Waals surface area contributed by atoms with Gasteiger partial charge in [-0.1, -0.05) is 61.4 Å². The molecule has 26 heavy (non-hydrogen) atoms. The standard InChI is InChI=1S/C21H23ClN2O2/c1-2-3-6-18(25)24-19(15-7-10-16(22)11-8-15)17-12-9-14-5-4-13-23-20(14)21(17)26/h4-5,7-12,19,23,26H,2-3,6,13H2,1H3,(H,24,25). The van der Waals surface area contributed by atoms with Gasteiger partial charge in [0.1, 0.15) is 5.75 Å². The molecule has 0 aromatic heterocycles. The third-order valence-corrected chi connectivity index (χ3v) is 4.76. The Morgan fingerprint density at radius 1 is 1.27 bits per heavy atom. The molecule has 1 amide bonds. The summed E-state index contributed by atoms with van der Waals surface area (Å²) in [7, 11) is 0. The average Bonchev–Trinajstić information content (AvgIpc) is 2.66. The van der Waals surface area contributed by atoms with Gasteiger partial charge in [-0.25, -0.2) is 0 Å². The first-order valence-corrected chi connectivity index (χ1v) is 9.29. The van der Waals surface area contributed by atoms with Gasteiger partial charge in [-0.05, 0) is 24.1 Å². The molecular formula is C21H23ClN2O2. The highest BCUT2D eigenvalue weighted by Crippen LogP contribution is 2.39. The number of rotatable bonds is 6. The van der Waals surface area contributed by atoms with Crippen LogP contribution in [0, 0.1) is 0 Å². The highest BCUT2D eigenvalue weighted by atomic mass is 35.5. The number of carbonyl (C=O) groups excluding carboxylic acids is 1. The molecule has 0 saturated heterocycles. The third-order valence-electron chi connectivity index (χ3n) is 4.51. The molecular weight excluding hydrogens is 348 g/mol. The minimum Gasteiger partial charge on any atom is -0.505 e. The van der Waals surface area contributed by atoms with Gasteiger partial charge in [0, 0.05) is 29.1 Å². The van der Waals surface area contributed by atoms with Crippen LogP contribution in [0.5, 0.6) is 5.75 Å². The second kappa shape index (κ2) is 8.28. The van der Waals surface area contributed by atoms with Gasteiger partial charge in [-0.15, -0.1) is 0 Å². The molecule has 0 radical (unpaired) electrons. The number of benzene rings is 2. The van der Waals surface area contributed by atoms with E-state index in [9.17, 15) is 9.90 Å². The number of hydrogen-bond donors (Lipinski definition) is 3. The summed E-state index contributed by atoms with van der Waals surface area (Å²) in [5.41, 5.74) is 3.18. The van der Waals surface area contributed by atoms with Gasteiger partial charge in [0.05, 0.1) is 11.7 Å². The molecule has 4 nitrogen and oxygen atoms in total. The zero-order chi connectivity index (χ0) is 18.5. The van der Waals surface area contributed by atoms with Crippen LogP contribution in [-0.4, -0.2) is 17.6 Å². The summed E-state index contributed by atoms with van der Waals surface area (Å²) >= 11 is 6.01. The van der Waals surface area contributed by atoms with Crippen LogP contribution < -0.4 is 10.6 Å². The molecule has 136 valence electrons. The molecule has 0 aliphatic carbocycles. The lowest BCUT2D eigenvalue weighted by atomic mass is 9.94. The molecule has 1 atom stereocenters. The van der Waals surface area contributed by atoms with E-state index < -0.39 is 6.04 Å². The fourth-order valence-electron chi connectivity index (χ4n) is 3.09. The lowest BCUT2D eigenvalue weighted by Crippen LogP contribution is -2.29. The summed E-state index contributed by atoms with van der Waals surface area (Å²) in [6.45, 7) is 2.72. The highest BCUT2D eigenvalue weighted by molar-refractivity contribution is 6.30. The topological polar surface area (TPSA) is 61.4 Å². The highest BCUT2D eigenvalue weighted by Gasteiger charge is 2.23. The summed E-state index contributed by atoms with van der Waals surface area (Å²) in [4.78, 5) is 12.4. The number of hydrogen-bond acceptors (Lipinski definition) is 3. The first-order chi connectivity index (χ1) is 12.6. The maximum atomic E-state index is 12.4. The quantitative estimate of drug-likeness (QED) is 0.635. The van der Waals surface area contributed by atoms with Crippen LogP contribution in [-0.2, 0) is 4.79 Å². The largest absolute Gasteiger partial charge is 0.505 e. The zero-order valence-corrected chi connectivity index (χ0v) is 15.5. The molecule has 1 aliphatic heterocycles. The number of nitrogens with one attached hydrogen (secondary N) is 2. The van der Waals surface area contributed by atoms with Crippen molar-refractivity contribution in [1.82, 2.24) is 5.32 Å². The van der Waals surface area contributed by atoms with E-state index in [0.29, 0.717) is 29.2 Å². The number of phenols is 1. The van der Waals surface area contributed by atoms with Gasteiger partial charge in [-0.3, -0.25) is 4.79 Å². The van der Waals surface area contributed by atoms with E-state index in [2.05, 4.69) is 17.6 Å². The Morgan fingerprint density at radius 2 is 2.04 bits per heavy atom. The van der Waals surface area contributed by atoms with E-state index in [4.69, 9.17) is 11.6 Å². The predicted molar refractivity (Wildman–Crippen MR) is 107 cm³/mol. The van der Waals surface area contributed by atoms with Crippen molar-refractivity contribution in [3.63, 3.8) is 0 Å². The number of halogens is 1. The Bertz CT molecular complexity index is 816. The fourth-order valence-corrected chi connectivity index (χ4v) is 3.22. The molecule has 0 fully saturated rings. The first-order valence-electron chi connectivity index (χ1n) is 8.91. The van der Waals surface area contributed by atoms with Crippen LogP contribution >= 0.6 is 11.6 Å². The Balaban J connectivity index is 1.99. The number of amides is 1. The number of aromatic hydroxyl groups is 1. The van der Waals surface area contributed by atoms with Crippen LogP contribution in [0.4, 0.5) is 5.69 Å². The molecule has 1 aliphatic rings. The number of fused-ring (bicyclic) bond motifs is 1. The summed E-state index contributed by atoms with van der Waals surface area (Å²) in [5, 5.41) is 17.7. The third kappa shape index (κ3) is 4.02. The summed E-state index contributed by atoms with van der Waals surface area (Å²) in [6, 6.07) is 10.7. The zero-order valence-electron chi connectivity index (χ0n) is 14.8. The number of carbonyl (C=O) groups is 1. The van der Waals surface area contributed by atoms with Crippen molar-refractivity contribution < 1.29 is 9.90 Å². The minimum absolute atomic E-state index is 0.0308. The van der Waals surface area contributed by atoms with Crippen LogP contribution in [0.3, 0.4) is 0 Å². The van der Waals surface area contributed by atoms with Gasteiger partial charge in [0.15, 0.2) is 0 Å². The van der Waals surface area contributed by atoms with Crippen LogP contribution in [0.25, 0.3) is 6.08 Å². The molecule has 0 saturated carbocycles. The number of anilines is 1. The van der Waals surface area contributed by atoms with Crippen molar-refractivity contribution in [2.24, 2.45) is 0 Å². The molecule has 5 heteroatoms. The van der Waals surface area contributed by atoms with Crippen molar-refractivity contribution in [1.29, 1.82) is 0 Å². The normalized spacial score (nSPS) is 13.6. The smallest absolute Gasteiger partial charge is 0.220 e. The maximum absolute atomic E-state index is 12.4. The molecule has 0 bridgehead atoms. The van der Waals surface area contributed by atoms with Gasteiger partial charge >= 0.3 is 0 Å². The number of unbranched alkanes of at least 4 members (excludes halogenated alkanes) is 1. The van der Waals surface area contributed by atoms with E-state index in [1.807, 2.05) is 36.4 Å². The second-order valence-electron chi connectivity index (χ2n) is 6.41. The van der Waals surface area contributed by atoms with Crippen molar-refractivity contribution >= 4 is 29.3 Å². The van der Waals surface area contributed by atoms with Crippen molar-refractivity contribution in [2.75, 3.05) is 11.9 Å². The molecule has 1 unspecified atom stereocenters. The molecule has 0 spiro atoms. The van der Waals surface area contributed by atoms with E-state index >= 15 is 0 Å². The summed E-state index contributed by atoms with van der Waals surface area (Å²) in [5.74, 6) is 0.138. The van der Waals surface area contributed by atoms with Gasteiger partial charge in [-0.2, -0.15) is 0 Å². The lowest BCUT2D eigenvalue weighted by molar-refractivity contribution is -0.121. The summed E-state index contributed by atoms with van der Waals surface area (Å²) in [6.07, 6.45) is 6.24. The maximum Gasteiger partial charge on any atom is 0.220 e. The van der Waals surface area contributed by atoms with E-state index in [1.54, 1.807) is 12.1 Å². The van der Waals surface area contributed by atoms with E-state index in [1.165, 1.54) is 0 Å². The van der Waals surface area contributed by atoms with E-state index in [-0.39, 0.29) is 11.7 Å². The SMILES string of the molecule is CCCCC(=O)NC(c1ccc(Cl)cc1)c1ccc2c(c1O)NCC=C2. The summed E-state index contributed by atoms with van der Waals surface area (Å²) < 4.78 is 0. The van der Waals surface area contributed by atoms with Gasteiger partial charge in [0.25, 0.3) is 0 Å². The van der Waals surface area contributed by atoms with Crippen LogP contribution in [0.15, 0.2) is 42.5 Å². The predicted octanol–water partition coefficient (Wildman–Crippen LogP) is 4.88. The van der Waals surface area contributed by atoms with Crippen LogP contribution in [0.2, 0.25) is 5.02 Å². The Morgan fingerprint density at radius 3 is 2.77 bits per heavy atom. The van der Waals surface area contributed by atoms with Crippen LogP contribution in [0.1, 0.15) is 48.9 Å². The Labute approximate surface area is 158 Å². The number of phenolic OH excluding ortho intramolecular Hbond substituents is 1. The second-order valence-corrected chi connectivity index (χ2v) is 6.84. The monoisotopic (exact) mass is 370 g/mol. The molecule has 2 aromatic rings.